The molecule has 4 amide bonds. The fourth-order valence-electron chi connectivity index (χ4n) is 2.78. The number of carbonyl (C=O) groups excluding carboxylic acids is 3. The molecule has 1 atom stereocenters. The first-order valence-electron chi connectivity index (χ1n) is 8.16. The predicted octanol–water partition coefficient (Wildman–Crippen LogP) is 2.86. The maximum absolute atomic E-state index is 12.5. The van der Waals surface area contributed by atoms with Crippen LogP contribution in [0, 0.1) is 6.92 Å². The minimum absolute atomic E-state index is 0.314. The molecule has 26 heavy (non-hydrogen) atoms. The molecule has 3 rings (SSSR count). The van der Waals surface area contributed by atoms with Gasteiger partial charge in [0.1, 0.15) is 12.6 Å². The van der Waals surface area contributed by atoms with Gasteiger partial charge < -0.3 is 10.6 Å². The highest BCUT2D eigenvalue weighted by Crippen LogP contribution is 2.20. The first-order chi connectivity index (χ1) is 12.4. The maximum atomic E-state index is 12.5. The molecule has 134 valence electrons. The lowest BCUT2D eigenvalue weighted by Crippen LogP contribution is -2.38. The molecule has 0 radical (unpaired) electrons. The number of imide groups is 1. The molecule has 0 saturated carbocycles. The Hall–Kier alpha value is -2.67. The average molecular weight is 416 g/mol. The number of nitrogens with zero attached hydrogens (tertiary/aromatic N) is 1. The number of anilines is 1. The van der Waals surface area contributed by atoms with E-state index in [9.17, 15) is 14.4 Å². The van der Waals surface area contributed by atoms with Crippen molar-refractivity contribution < 1.29 is 14.4 Å². The van der Waals surface area contributed by atoms with Crippen molar-refractivity contribution in [3.05, 3.63) is 64.1 Å². The van der Waals surface area contributed by atoms with Crippen molar-refractivity contribution in [2.45, 2.75) is 19.4 Å². The van der Waals surface area contributed by atoms with Crippen LogP contribution in [0.1, 0.15) is 11.1 Å². The van der Waals surface area contributed by atoms with E-state index in [1.807, 2.05) is 49.4 Å². The number of rotatable bonds is 5. The summed E-state index contributed by atoms with van der Waals surface area (Å²) in [5, 5.41) is 5.35. The second-order valence-corrected chi connectivity index (χ2v) is 6.98. The van der Waals surface area contributed by atoms with Crippen molar-refractivity contribution in [2.75, 3.05) is 11.9 Å². The average Bonchev–Trinajstić information content (AvgIpc) is 2.86. The Morgan fingerprint density at radius 2 is 1.92 bits per heavy atom. The third kappa shape index (κ3) is 4.11. The van der Waals surface area contributed by atoms with Gasteiger partial charge in [-0.25, -0.2) is 4.79 Å². The third-order valence-electron chi connectivity index (χ3n) is 4.13. The number of nitrogens with one attached hydrogen (secondary N) is 2. The molecule has 0 aromatic heterocycles. The Labute approximate surface area is 159 Å². The second kappa shape index (κ2) is 7.70. The van der Waals surface area contributed by atoms with Crippen LogP contribution >= 0.6 is 15.9 Å². The molecule has 1 aliphatic heterocycles. The van der Waals surface area contributed by atoms with Gasteiger partial charge in [0.2, 0.25) is 5.91 Å². The Morgan fingerprint density at radius 3 is 2.62 bits per heavy atom. The maximum Gasteiger partial charge on any atom is 0.325 e. The van der Waals surface area contributed by atoms with E-state index in [4.69, 9.17) is 0 Å². The van der Waals surface area contributed by atoms with E-state index in [-0.39, 0.29) is 12.5 Å². The number of aryl methyl sites for hydroxylation is 1. The summed E-state index contributed by atoms with van der Waals surface area (Å²) in [5.74, 6) is -0.809. The van der Waals surface area contributed by atoms with E-state index in [1.54, 1.807) is 6.07 Å². The normalized spacial score (nSPS) is 16.5. The van der Waals surface area contributed by atoms with Gasteiger partial charge in [0.15, 0.2) is 0 Å². The van der Waals surface area contributed by atoms with Gasteiger partial charge in [-0.15, -0.1) is 0 Å². The molecule has 7 heteroatoms. The van der Waals surface area contributed by atoms with E-state index >= 15 is 0 Å². The van der Waals surface area contributed by atoms with Gasteiger partial charge in [0.05, 0.1) is 0 Å². The Bertz CT molecular complexity index is 854. The van der Waals surface area contributed by atoms with Gasteiger partial charge in [-0.3, -0.25) is 14.5 Å². The number of hydrogen-bond acceptors (Lipinski definition) is 3. The summed E-state index contributed by atoms with van der Waals surface area (Å²) in [7, 11) is 0. The Kier molecular flexibility index (Phi) is 5.37. The topological polar surface area (TPSA) is 78.5 Å². The van der Waals surface area contributed by atoms with Crippen molar-refractivity contribution in [3.8, 4) is 0 Å². The number of amides is 4. The Balaban J connectivity index is 1.61. The minimum atomic E-state index is -0.646. The highest BCUT2D eigenvalue weighted by molar-refractivity contribution is 9.10. The number of hydrogen-bond donors (Lipinski definition) is 2. The zero-order valence-electron chi connectivity index (χ0n) is 14.2. The molecule has 2 N–H and O–H groups in total. The molecule has 2 aromatic rings. The quantitative estimate of drug-likeness (QED) is 0.736. The van der Waals surface area contributed by atoms with E-state index in [1.165, 1.54) is 0 Å². The van der Waals surface area contributed by atoms with Crippen LogP contribution in [0.15, 0.2) is 53.0 Å². The van der Waals surface area contributed by atoms with Crippen LogP contribution in [0.5, 0.6) is 0 Å². The monoisotopic (exact) mass is 415 g/mol. The fourth-order valence-corrected chi connectivity index (χ4v) is 3.03. The van der Waals surface area contributed by atoms with Gasteiger partial charge in [0, 0.05) is 16.6 Å². The third-order valence-corrected chi connectivity index (χ3v) is 5.02. The van der Waals surface area contributed by atoms with E-state index in [0.717, 1.165) is 20.5 Å². The number of halogens is 1. The molecule has 1 fully saturated rings. The van der Waals surface area contributed by atoms with Crippen molar-refractivity contribution in [3.63, 3.8) is 0 Å². The van der Waals surface area contributed by atoms with Crippen LogP contribution < -0.4 is 10.6 Å². The van der Waals surface area contributed by atoms with Gasteiger partial charge >= 0.3 is 6.03 Å². The van der Waals surface area contributed by atoms with Crippen molar-refractivity contribution in [2.24, 2.45) is 0 Å². The lowest BCUT2D eigenvalue weighted by molar-refractivity contribution is -0.130. The molecule has 6 nitrogen and oxygen atoms in total. The van der Waals surface area contributed by atoms with Crippen LogP contribution in [0.4, 0.5) is 10.5 Å². The summed E-state index contributed by atoms with van der Waals surface area (Å²) in [4.78, 5) is 37.7. The van der Waals surface area contributed by atoms with Crippen LogP contribution in [0.3, 0.4) is 0 Å². The summed E-state index contributed by atoms with van der Waals surface area (Å²) in [5.41, 5.74) is 2.53. The van der Waals surface area contributed by atoms with Crippen LogP contribution in [-0.2, 0) is 16.0 Å². The van der Waals surface area contributed by atoms with Gasteiger partial charge in [0.25, 0.3) is 5.91 Å². The largest absolute Gasteiger partial charge is 0.325 e. The molecule has 0 spiro atoms. The molecule has 2 aromatic carbocycles. The lowest BCUT2D eigenvalue weighted by Gasteiger charge is -2.13. The highest BCUT2D eigenvalue weighted by Gasteiger charge is 2.38. The second-order valence-electron chi connectivity index (χ2n) is 6.13. The van der Waals surface area contributed by atoms with Crippen LogP contribution in [0.25, 0.3) is 0 Å². The minimum Gasteiger partial charge on any atom is -0.325 e. The predicted molar refractivity (Wildman–Crippen MR) is 102 cm³/mol. The Morgan fingerprint density at radius 1 is 1.19 bits per heavy atom. The molecule has 0 bridgehead atoms. The number of benzene rings is 2. The summed E-state index contributed by atoms with van der Waals surface area (Å²) in [6, 6.07) is 13.6. The smallest absolute Gasteiger partial charge is 0.325 e. The van der Waals surface area contributed by atoms with Crippen molar-refractivity contribution in [1.29, 1.82) is 0 Å². The molecular weight excluding hydrogens is 398 g/mol. The van der Waals surface area contributed by atoms with Gasteiger partial charge in [-0.1, -0.05) is 46.3 Å². The lowest BCUT2D eigenvalue weighted by atomic mass is 10.1. The van der Waals surface area contributed by atoms with Crippen molar-refractivity contribution >= 4 is 39.5 Å². The molecular formula is C19H18BrN3O3. The number of carbonyl (C=O) groups is 3. The summed E-state index contributed by atoms with van der Waals surface area (Å²) >= 11 is 3.40. The standard InChI is InChI=1S/C19H18BrN3O3/c1-12-9-14(7-8-15(12)20)21-17(24)11-23-18(25)16(22-19(23)26)10-13-5-3-2-4-6-13/h2-9,16H,10-11H2,1H3,(H,21,24)(H,22,26)/t16-/m1/s1. The zero-order valence-corrected chi connectivity index (χ0v) is 15.7. The fraction of sp³-hybridized carbons (Fsp3) is 0.211. The van der Waals surface area contributed by atoms with E-state index in [2.05, 4.69) is 26.6 Å². The number of urea groups is 1. The van der Waals surface area contributed by atoms with Crippen LogP contribution in [-0.4, -0.2) is 35.3 Å². The summed E-state index contributed by atoms with van der Waals surface area (Å²) in [6.45, 7) is 1.59. The molecule has 1 aliphatic rings. The first kappa shape index (κ1) is 18.1. The first-order valence-corrected chi connectivity index (χ1v) is 8.95. The van der Waals surface area contributed by atoms with Crippen molar-refractivity contribution in [1.82, 2.24) is 10.2 Å². The molecule has 1 saturated heterocycles. The summed E-state index contributed by atoms with van der Waals surface area (Å²) < 4.78 is 0.938. The SMILES string of the molecule is Cc1cc(NC(=O)CN2C(=O)N[C@H](Cc3ccccc3)C2=O)ccc1Br. The molecule has 1 heterocycles. The summed E-state index contributed by atoms with van der Waals surface area (Å²) in [6.07, 6.45) is 0.398. The van der Waals surface area contributed by atoms with E-state index in [0.29, 0.717) is 12.1 Å². The van der Waals surface area contributed by atoms with E-state index < -0.39 is 18.0 Å². The molecule has 0 aliphatic carbocycles. The van der Waals surface area contributed by atoms with Gasteiger partial charge in [-0.05, 0) is 36.2 Å². The zero-order chi connectivity index (χ0) is 18.7. The highest BCUT2D eigenvalue weighted by atomic mass is 79.9. The van der Waals surface area contributed by atoms with Crippen LogP contribution in [0.2, 0.25) is 0 Å². The molecule has 0 unspecified atom stereocenters. The van der Waals surface area contributed by atoms with Gasteiger partial charge in [-0.2, -0.15) is 0 Å².